The van der Waals surface area contributed by atoms with E-state index >= 15 is 0 Å². The Morgan fingerprint density at radius 1 is 1.40 bits per heavy atom. The van der Waals surface area contributed by atoms with E-state index in [1.54, 1.807) is 0 Å². The molecule has 0 aromatic carbocycles. The molecule has 7 nitrogen and oxygen atoms in total. The van der Waals surface area contributed by atoms with Crippen molar-refractivity contribution >= 4 is 0 Å². The molecule has 0 spiro atoms. The Labute approximate surface area is 147 Å². The number of likely N-dealkylation sites (tertiary alicyclic amines) is 1. The Morgan fingerprint density at radius 3 is 3.16 bits per heavy atom. The summed E-state index contributed by atoms with van der Waals surface area (Å²) in [6.45, 7) is 6.08. The van der Waals surface area contributed by atoms with Crippen molar-refractivity contribution in [1.29, 1.82) is 0 Å². The maximum atomic E-state index is 6.19. The number of ether oxygens (including phenoxy) is 2. The van der Waals surface area contributed by atoms with Gasteiger partial charge in [-0.25, -0.2) is 0 Å². The highest BCUT2D eigenvalue weighted by atomic mass is 16.5. The molecule has 0 unspecified atom stereocenters. The first kappa shape index (κ1) is 16.8. The van der Waals surface area contributed by atoms with Gasteiger partial charge in [0.1, 0.15) is 11.9 Å². The summed E-state index contributed by atoms with van der Waals surface area (Å²) in [5.74, 6) is 0.858. The molecule has 2 fully saturated rings. The fraction of sp³-hybridized carbons (Fsp3) is 0.667. The van der Waals surface area contributed by atoms with E-state index in [9.17, 15) is 0 Å². The van der Waals surface area contributed by atoms with Gasteiger partial charge in [0.05, 0.1) is 11.8 Å². The highest BCUT2D eigenvalue weighted by Gasteiger charge is 2.44. The summed E-state index contributed by atoms with van der Waals surface area (Å²) in [5.41, 5.74) is 0.987. The normalized spacial score (nSPS) is 26.8. The van der Waals surface area contributed by atoms with Crippen LogP contribution in [-0.4, -0.2) is 57.8 Å². The maximum Gasteiger partial charge on any atom is 0.133 e. The zero-order chi connectivity index (χ0) is 17.1. The van der Waals surface area contributed by atoms with E-state index in [1.165, 1.54) is 0 Å². The van der Waals surface area contributed by atoms with Crippen molar-refractivity contribution < 1.29 is 14.0 Å². The number of aromatic nitrogens is 3. The second kappa shape index (κ2) is 7.68. The minimum absolute atomic E-state index is 0.135. The predicted molar refractivity (Wildman–Crippen MR) is 91.0 cm³/mol. The molecule has 0 aliphatic carbocycles. The van der Waals surface area contributed by atoms with Crippen molar-refractivity contribution in [3.05, 3.63) is 36.0 Å². The summed E-state index contributed by atoms with van der Waals surface area (Å²) in [5, 5.41) is 8.36. The van der Waals surface area contributed by atoms with Crippen LogP contribution in [-0.2, 0) is 22.6 Å². The predicted octanol–water partition coefficient (Wildman–Crippen LogP) is 2.02. The number of rotatable bonds is 7. The van der Waals surface area contributed by atoms with Crippen molar-refractivity contribution in [1.82, 2.24) is 19.8 Å². The standard InChI is InChI=1S/C18H26N4O3/c1-14-11-15(20-25-14)12-21-13-17(18-16(21)5-2-9-24-18)23-10-4-8-22-7-3-6-19-22/h3,6-7,11,16-18H,2,4-5,8-10,12-13H2,1H3/t16-,17+,18+/m0/s1. The van der Waals surface area contributed by atoms with Gasteiger partial charge in [0.15, 0.2) is 0 Å². The Hall–Kier alpha value is -1.70. The largest absolute Gasteiger partial charge is 0.374 e. The molecule has 2 saturated heterocycles. The molecule has 0 saturated carbocycles. The third-order valence-electron chi connectivity index (χ3n) is 5.05. The third-order valence-corrected chi connectivity index (χ3v) is 5.05. The minimum Gasteiger partial charge on any atom is -0.374 e. The summed E-state index contributed by atoms with van der Waals surface area (Å²) in [6, 6.07) is 4.38. The van der Waals surface area contributed by atoms with Gasteiger partial charge in [-0.05, 0) is 32.3 Å². The van der Waals surface area contributed by atoms with E-state index < -0.39 is 0 Å². The molecule has 0 N–H and O–H groups in total. The molecule has 7 heteroatoms. The van der Waals surface area contributed by atoms with Gasteiger partial charge in [-0.3, -0.25) is 9.58 Å². The number of fused-ring (bicyclic) bond motifs is 1. The lowest BCUT2D eigenvalue weighted by Gasteiger charge is -2.32. The molecule has 136 valence electrons. The lowest BCUT2D eigenvalue weighted by atomic mass is 10.0. The van der Waals surface area contributed by atoms with Gasteiger partial charge >= 0.3 is 0 Å². The fourth-order valence-electron chi connectivity index (χ4n) is 3.93. The molecule has 25 heavy (non-hydrogen) atoms. The van der Waals surface area contributed by atoms with Crippen LogP contribution in [0.1, 0.15) is 30.7 Å². The SMILES string of the molecule is Cc1cc(CN2C[C@@H](OCCCn3cccn3)[C@@H]3OCCC[C@@H]32)no1. The van der Waals surface area contributed by atoms with E-state index in [4.69, 9.17) is 14.0 Å². The van der Waals surface area contributed by atoms with Gasteiger partial charge in [0, 0.05) is 57.3 Å². The summed E-state index contributed by atoms with van der Waals surface area (Å²) in [6.07, 6.45) is 7.33. The molecule has 2 aromatic heterocycles. The molecule has 0 bridgehead atoms. The van der Waals surface area contributed by atoms with Crippen LogP contribution in [0, 0.1) is 6.92 Å². The Bertz CT molecular complexity index is 657. The van der Waals surface area contributed by atoms with Crippen LogP contribution in [0.5, 0.6) is 0 Å². The molecule has 0 radical (unpaired) electrons. The Morgan fingerprint density at radius 2 is 2.36 bits per heavy atom. The van der Waals surface area contributed by atoms with Crippen molar-refractivity contribution in [3.63, 3.8) is 0 Å². The van der Waals surface area contributed by atoms with E-state index in [-0.39, 0.29) is 12.2 Å². The topological polar surface area (TPSA) is 65.5 Å². The van der Waals surface area contributed by atoms with Crippen LogP contribution in [0.3, 0.4) is 0 Å². The first-order valence-corrected chi connectivity index (χ1v) is 9.16. The van der Waals surface area contributed by atoms with Crippen LogP contribution in [0.4, 0.5) is 0 Å². The number of hydrogen-bond donors (Lipinski definition) is 0. The third kappa shape index (κ3) is 3.94. The van der Waals surface area contributed by atoms with Gasteiger partial charge in [-0.2, -0.15) is 5.10 Å². The molecule has 2 aliphatic heterocycles. The van der Waals surface area contributed by atoms with Gasteiger partial charge in [0.2, 0.25) is 0 Å². The monoisotopic (exact) mass is 346 g/mol. The molecule has 4 rings (SSSR count). The second-order valence-corrected chi connectivity index (χ2v) is 6.94. The smallest absolute Gasteiger partial charge is 0.133 e. The van der Waals surface area contributed by atoms with Crippen molar-refractivity contribution in [2.45, 2.75) is 57.5 Å². The summed E-state index contributed by atoms with van der Waals surface area (Å²) < 4.78 is 19.4. The van der Waals surface area contributed by atoms with Gasteiger partial charge in [0.25, 0.3) is 0 Å². The average molecular weight is 346 g/mol. The van der Waals surface area contributed by atoms with Crippen LogP contribution in [0.15, 0.2) is 29.0 Å². The molecular weight excluding hydrogens is 320 g/mol. The van der Waals surface area contributed by atoms with E-state index in [2.05, 4.69) is 15.2 Å². The van der Waals surface area contributed by atoms with Crippen molar-refractivity contribution in [2.24, 2.45) is 0 Å². The molecule has 2 aliphatic rings. The van der Waals surface area contributed by atoms with Crippen LogP contribution >= 0.6 is 0 Å². The zero-order valence-electron chi connectivity index (χ0n) is 14.7. The fourth-order valence-corrected chi connectivity index (χ4v) is 3.93. The first-order valence-electron chi connectivity index (χ1n) is 9.16. The molecule has 4 heterocycles. The second-order valence-electron chi connectivity index (χ2n) is 6.94. The molecular formula is C18H26N4O3. The quantitative estimate of drug-likeness (QED) is 0.715. The minimum atomic E-state index is 0.135. The Balaban J connectivity index is 1.31. The molecule has 2 aromatic rings. The summed E-state index contributed by atoms with van der Waals surface area (Å²) in [7, 11) is 0. The highest BCUT2D eigenvalue weighted by molar-refractivity contribution is 5.06. The lowest BCUT2D eigenvalue weighted by molar-refractivity contribution is -0.0781. The number of aryl methyl sites for hydroxylation is 2. The maximum absolute atomic E-state index is 6.19. The summed E-state index contributed by atoms with van der Waals surface area (Å²) in [4.78, 5) is 2.44. The lowest BCUT2D eigenvalue weighted by Crippen LogP contribution is -2.41. The average Bonchev–Trinajstić information content (AvgIpc) is 3.34. The van der Waals surface area contributed by atoms with E-state index in [1.807, 2.05) is 36.1 Å². The highest BCUT2D eigenvalue weighted by Crippen LogP contribution is 2.31. The Kier molecular flexibility index (Phi) is 5.14. The van der Waals surface area contributed by atoms with Gasteiger partial charge in [-0.1, -0.05) is 5.16 Å². The molecule has 3 atom stereocenters. The summed E-state index contributed by atoms with van der Waals surface area (Å²) >= 11 is 0. The van der Waals surface area contributed by atoms with Gasteiger partial charge in [-0.15, -0.1) is 0 Å². The first-order chi connectivity index (χ1) is 12.3. The van der Waals surface area contributed by atoms with Crippen molar-refractivity contribution in [3.8, 4) is 0 Å². The van der Waals surface area contributed by atoms with Crippen LogP contribution < -0.4 is 0 Å². The number of hydrogen-bond acceptors (Lipinski definition) is 6. The van der Waals surface area contributed by atoms with Gasteiger partial charge < -0.3 is 14.0 Å². The van der Waals surface area contributed by atoms with E-state index in [0.29, 0.717) is 6.04 Å². The van der Waals surface area contributed by atoms with Crippen LogP contribution in [0.25, 0.3) is 0 Å². The van der Waals surface area contributed by atoms with Crippen LogP contribution in [0.2, 0.25) is 0 Å². The zero-order valence-corrected chi connectivity index (χ0v) is 14.7. The van der Waals surface area contributed by atoms with Crippen molar-refractivity contribution in [2.75, 3.05) is 19.8 Å². The number of nitrogens with zero attached hydrogens (tertiary/aromatic N) is 4. The molecule has 0 amide bonds. The van der Waals surface area contributed by atoms with E-state index in [0.717, 1.165) is 63.6 Å².